The average Bonchev–Trinajstić information content (AvgIpc) is 4.07. The van der Waals surface area contributed by atoms with E-state index in [9.17, 15) is 14.4 Å². The van der Waals surface area contributed by atoms with Crippen molar-refractivity contribution >= 4 is 78.7 Å². The van der Waals surface area contributed by atoms with Crippen molar-refractivity contribution in [1.29, 1.82) is 0 Å². The molecule has 0 spiro atoms. The maximum absolute atomic E-state index is 12.6. The molecule has 6 heterocycles. The number of ketones is 1. The third kappa shape index (κ3) is 12.9. The Labute approximate surface area is 402 Å². The summed E-state index contributed by atoms with van der Waals surface area (Å²) < 4.78 is 7.36. The number of Topliss-reactive ketones (excluding diaryl/α,β-unsaturated/α-hetero) is 1. The first kappa shape index (κ1) is 51.5. The van der Waals surface area contributed by atoms with Gasteiger partial charge in [-0.25, -0.2) is 0 Å². The number of nitrogens with zero attached hydrogens (tertiary/aromatic N) is 6. The number of amides is 2. The lowest BCUT2D eigenvalue weighted by atomic mass is 10.1. The van der Waals surface area contributed by atoms with Crippen LogP contribution in [0.2, 0.25) is 0 Å². The number of aromatic nitrogens is 3. The van der Waals surface area contributed by atoms with Gasteiger partial charge in [-0.05, 0) is 69.7 Å². The molecule has 0 unspecified atom stereocenters. The molecule has 8 rings (SSSR count). The predicted octanol–water partition coefficient (Wildman–Crippen LogP) is -1.65. The molecule has 6 aromatic rings. The maximum atomic E-state index is 12.6. The number of fused-ring (bicyclic) bond motifs is 1. The summed E-state index contributed by atoms with van der Waals surface area (Å²) in [4.78, 5) is 47.9. The van der Waals surface area contributed by atoms with Gasteiger partial charge in [0.2, 0.25) is 41.9 Å². The molecule has 0 bridgehead atoms. The van der Waals surface area contributed by atoms with E-state index in [1.165, 1.54) is 47.5 Å². The Bertz CT molecular complexity index is 2330. The van der Waals surface area contributed by atoms with Crippen molar-refractivity contribution in [3.05, 3.63) is 113 Å². The molecule has 2 amide bonds. The van der Waals surface area contributed by atoms with Crippen LogP contribution in [0.5, 0.6) is 0 Å². The summed E-state index contributed by atoms with van der Waals surface area (Å²) >= 11 is 6.71. The highest BCUT2D eigenvalue weighted by Crippen LogP contribution is 2.31. The summed E-state index contributed by atoms with van der Waals surface area (Å²) in [6, 6.07) is 18.6. The number of thiazole rings is 3. The molecule has 0 radical (unpaired) electrons. The van der Waals surface area contributed by atoms with Gasteiger partial charge in [-0.1, -0.05) is 70.4 Å². The molecular formula is C44H55Br3N6O3S4. The summed E-state index contributed by atoms with van der Waals surface area (Å²) in [6.07, 6.45) is 2.33. The van der Waals surface area contributed by atoms with E-state index in [4.69, 9.17) is 0 Å². The number of hydrogen-bond acceptors (Lipinski definition) is 8. The van der Waals surface area contributed by atoms with Gasteiger partial charge in [-0.2, -0.15) is 13.7 Å². The average molecular weight is 1080 g/mol. The molecule has 60 heavy (non-hydrogen) atoms. The fourth-order valence-electron chi connectivity index (χ4n) is 6.97. The van der Waals surface area contributed by atoms with Gasteiger partial charge in [0.25, 0.3) is 11.8 Å². The van der Waals surface area contributed by atoms with E-state index in [2.05, 4.69) is 92.0 Å². The Balaban J connectivity index is 0.000000238. The first-order chi connectivity index (χ1) is 27.4. The van der Waals surface area contributed by atoms with Crippen LogP contribution in [-0.2, 0) is 29.2 Å². The third-order valence-corrected chi connectivity index (χ3v) is 15.5. The first-order valence-electron chi connectivity index (χ1n) is 19.6. The number of benzene rings is 2. The van der Waals surface area contributed by atoms with Gasteiger partial charge in [-0.3, -0.25) is 14.4 Å². The molecule has 0 aliphatic carbocycles. The molecule has 324 valence electrons. The van der Waals surface area contributed by atoms with Crippen LogP contribution in [-0.4, -0.2) is 66.7 Å². The third-order valence-electron chi connectivity index (χ3n) is 11.1. The molecule has 2 aromatic carbocycles. The first-order valence-corrected chi connectivity index (χ1v) is 23.1. The van der Waals surface area contributed by atoms with Gasteiger partial charge in [0, 0.05) is 70.4 Å². The number of aryl methyl sites for hydroxylation is 4. The molecule has 2 aliphatic heterocycles. The van der Waals surface area contributed by atoms with Gasteiger partial charge < -0.3 is 65.6 Å². The molecule has 0 atom stereocenters. The number of carbonyl (C=O) groups is 3. The van der Waals surface area contributed by atoms with Crippen LogP contribution in [0.3, 0.4) is 0 Å². The van der Waals surface area contributed by atoms with E-state index >= 15 is 0 Å². The number of likely N-dealkylation sites (tertiary alicyclic amines) is 1. The Hall–Kier alpha value is -2.86. The van der Waals surface area contributed by atoms with Crippen molar-refractivity contribution in [3.63, 3.8) is 0 Å². The predicted molar refractivity (Wildman–Crippen MR) is 234 cm³/mol. The topological polar surface area (TPSA) is 72.6 Å². The largest absolute Gasteiger partial charge is 1.00 e. The Morgan fingerprint density at radius 3 is 1.43 bits per heavy atom. The van der Waals surface area contributed by atoms with Gasteiger partial charge in [0.05, 0.1) is 19.5 Å². The van der Waals surface area contributed by atoms with E-state index in [1.807, 2.05) is 56.0 Å². The van der Waals surface area contributed by atoms with Gasteiger partial charge in [0.1, 0.15) is 0 Å². The Kier molecular flexibility index (Phi) is 20.7. The van der Waals surface area contributed by atoms with Crippen molar-refractivity contribution in [2.75, 3.05) is 44.2 Å². The summed E-state index contributed by atoms with van der Waals surface area (Å²) in [7, 11) is 0. The van der Waals surface area contributed by atoms with Crippen LogP contribution < -0.4 is 69.5 Å². The van der Waals surface area contributed by atoms with Crippen molar-refractivity contribution in [2.45, 2.75) is 80.9 Å². The van der Waals surface area contributed by atoms with Crippen LogP contribution in [0.15, 0.2) is 71.1 Å². The number of para-hydroxylation sites is 1. The standard InChI is InChI=1S/C17H22N3OS.C16H16NOS2.C11H17N2OS.3BrH/c1-14-15(2)22-13-20(14)12-17(21)19-10-8-18(9-11-19)16-6-4-3-5-7-16;1-10-13-6-4-5-7-15(13)20-16(10)14(18)8-17-9-19-12(3)11(17)2;1-9-10(2)15-8-13(9)7-11(14)12-5-3-4-6-12;;;/h3-7,13H,8-12H2,1-2H3;4-7,9H,8H2,1-3H3;8H,3-7H2,1-2H3;3*1H/q3*+1;;;/p-3. The van der Waals surface area contributed by atoms with Crippen molar-refractivity contribution in [1.82, 2.24) is 9.80 Å². The lowest BCUT2D eigenvalue weighted by Crippen LogP contribution is -3.00. The molecule has 16 heteroatoms. The second-order valence-electron chi connectivity index (χ2n) is 14.7. The number of thiophene rings is 1. The molecular weight excluding hydrogens is 1030 g/mol. The number of rotatable bonds is 8. The molecule has 2 saturated heterocycles. The number of hydrogen-bond donors (Lipinski definition) is 0. The van der Waals surface area contributed by atoms with Crippen LogP contribution in [0, 0.1) is 48.5 Å². The molecule has 2 aliphatic rings. The fraction of sp³-hybridized carbons (Fsp3) is 0.409. The minimum Gasteiger partial charge on any atom is -1.00 e. The summed E-state index contributed by atoms with van der Waals surface area (Å²) in [6.45, 7) is 21.2. The zero-order valence-corrected chi connectivity index (χ0v) is 43.4. The van der Waals surface area contributed by atoms with E-state index in [0.29, 0.717) is 19.6 Å². The SMILES string of the molecule is Cc1sc[n+](CC(=O)N2CCCC2)c1C.Cc1sc[n+](CC(=O)N2CCN(c3ccccc3)CC2)c1C.Cc1sc[n+](CC(=O)c2sc3ccccc3c2C)c1C.[Br-].[Br-].[Br-]. The van der Waals surface area contributed by atoms with E-state index < -0.39 is 0 Å². The van der Waals surface area contributed by atoms with Crippen molar-refractivity contribution < 1.29 is 79.0 Å². The minimum absolute atomic E-state index is 0. The number of piperazine rings is 1. The summed E-state index contributed by atoms with van der Waals surface area (Å²) in [5.74, 6) is 0.687. The number of carbonyl (C=O) groups excluding carboxylic acids is 3. The second-order valence-corrected chi connectivity index (χ2v) is 19.0. The van der Waals surface area contributed by atoms with Crippen molar-refractivity contribution in [3.8, 4) is 0 Å². The highest BCUT2D eigenvalue weighted by atomic mass is 79.9. The fourth-order valence-corrected chi connectivity index (χ4v) is 10.5. The lowest BCUT2D eigenvalue weighted by molar-refractivity contribution is -0.686. The van der Waals surface area contributed by atoms with Crippen LogP contribution in [0.25, 0.3) is 10.1 Å². The highest BCUT2D eigenvalue weighted by molar-refractivity contribution is 7.21. The zero-order chi connectivity index (χ0) is 40.6. The molecule has 0 N–H and O–H groups in total. The molecule has 9 nitrogen and oxygen atoms in total. The zero-order valence-electron chi connectivity index (χ0n) is 35.4. The van der Waals surface area contributed by atoms with Crippen LogP contribution in [0.1, 0.15) is 59.8 Å². The molecule has 4 aromatic heterocycles. The second kappa shape index (κ2) is 24.1. The highest BCUT2D eigenvalue weighted by Gasteiger charge is 2.26. The Morgan fingerprint density at radius 1 is 0.550 bits per heavy atom. The monoisotopic (exact) mass is 1080 g/mol. The summed E-state index contributed by atoms with van der Waals surface area (Å²) in [5, 5.41) is 1.20. The summed E-state index contributed by atoms with van der Waals surface area (Å²) in [5.41, 5.74) is 12.1. The van der Waals surface area contributed by atoms with Crippen molar-refractivity contribution in [2.24, 2.45) is 0 Å². The van der Waals surface area contributed by atoms with E-state index in [-0.39, 0.29) is 68.5 Å². The molecule has 0 saturated carbocycles. The smallest absolute Gasteiger partial charge is 0.288 e. The number of anilines is 1. The maximum Gasteiger partial charge on any atom is 0.288 e. The lowest BCUT2D eigenvalue weighted by Gasteiger charge is -2.35. The Morgan fingerprint density at radius 2 is 0.983 bits per heavy atom. The van der Waals surface area contributed by atoms with Gasteiger partial charge in [0.15, 0.2) is 17.1 Å². The number of halogens is 3. The van der Waals surface area contributed by atoms with E-state index in [0.717, 1.165) is 62.6 Å². The van der Waals surface area contributed by atoms with Crippen LogP contribution >= 0.6 is 45.3 Å². The minimum atomic E-state index is 0. The van der Waals surface area contributed by atoms with E-state index in [1.54, 1.807) is 45.3 Å². The quantitative estimate of drug-likeness (QED) is 0.136. The van der Waals surface area contributed by atoms with Crippen LogP contribution in [0.4, 0.5) is 5.69 Å². The van der Waals surface area contributed by atoms with Gasteiger partial charge in [-0.15, -0.1) is 11.3 Å². The molecule has 2 fully saturated rings. The normalized spacial score (nSPS) is 13.3. The van der Waals surface area contributed by atoms with Gasteiger partial charge >= 0.3 is 0 Å².